The molecule has 4 aromatic rings. The van der Waals surface area contributed by atoms with Gasteiger partial charge in [0.25, 0.3) is 17.5 Å². The number of carbonyl (C=O) groups excluding carboxylic acids is 2. The number of rotatable bonds is 9. The highest BCUT2D eigenvalue weighted by atomic mass is 19.1. The Morgan fingerprint density at radius 1 is 0.872 bits per heavy atom. The summed E-state index contributed by atoms with van der Waals surface area (Å²) in [5, 5.41) is 14.1. The number of ether oxygens (including phenoxy) is 1. The third kappa shape index (κ3) is 7.25. The van der Waals surface area contributed by atoms with E-state index in [-0.39, 0.29) is 23.0 Å². The van der Waals surface area contributed by atoms with Crippen LogP contribution >= 0.6 is 0 Å². The molecule has 2 aliphatic heterocycles. The summed E-state index contributed by atoms with van der Waals surface area (Å²) in [6.07, 6.45) is 3.83. The van der Waals surface area contributed by atoms with Gasteiger partial charge in [-0.2, -0.15) is 0 Å². The second kappa shape index (κ2) is 14.0. The first kappa shape index (κ1) is 31.7. The third-order valence-corrected chi connectivity index (χ3v) is 8.64. The zero-order valence-corrected chi connectivity index (χ0v) is 26.1. The number of benzene rings is 4. The Bertz CT molecular complexity index is 1750. The average Bonchev–Trinajstić information content (AvgIpc) is 3.63. The van der Waals surface area contributed by atoms with Crippen molar-refractivity contribution in [2.75, 3.05) is 48.3 Å². The standard InChI is InChI=1S/C36H36FN5O5/c1-39-21-17-30(18-22-39)47-34-24-29(40-19-5-6-20-40)14-15-31(34)35(43)38-33-16-9-25(37)23-32(33)36(44)41(26-7-3-2-4-8-26)27-10-12-28(13-11-27)42(45)46/h2-4,7-16,23-24,30H,5-6,17-22H2,1H3,(H,38,43). The highest BCUT2D eigenvalue weighted by Gasteiger charge is 2.27. The van der Waals surface area contributed by atoms with Crippen LogP contribution in [-0.2, 0) is 0 Å². The van der Waals surface area contributed by atoms with Crippen molar-refractivity contribution in [3.8, 4) is 5.75 Å². The van der Waals surface area contributed by atoms with Gasteiger partial charge in [0.15, 0.2) is 0 Å². The van der Waals surface area contributed by atoms with Crippen LogP contribution in [0.5, 0.6) is 5.75 Å². The molecule has 0 unspecified atom stereocenters. The molecule has 2 heterocycles. The van der Waals surface area contributed by atoms with E-state index < -0.39 is 22.6 Å². The summed E-state index contributed by atoms with van der Waals surface area (Å²) in [5.41, 5.74) is 1.97. The van der Waals surface area contributed by atoms with Crippen molar-refractivity contribution in [1.29, 1.82) is 0 Å². The number of piperidine rings is 1. The van der Waals surface area contributed by atoms with Gasteiger partial charge < -0.3 is 19.9 Å². The molecule has 47 heavy (non-hydrogen) atoms. The first-order valence-corrected chi connectivity index (χ1v) is 15.8. The minimum absolute atomic E-state index is 0.0457. The smallest absolute Gasteiger partial charge is 0.269 e. The lowest BCUT2D eigenvalue weighted by Crippen LogP contribution is -2.36. The Labute approximate surface area is 272 Å². The van der Waals surface area contributed by atoms with Crippen LogP contribution in [0.15, 0.2) is 91.0 Å². The van der Waals surface area contributed by atoms with Crippen molar-refractivity contribution < 1.29 is 23.6 Å². The summed E-state index contributed by atoms with van der Waals surface area (Å²) in [5.74, 6) is -1.33. The van der Waals surface area contributed by atoms with Gasteiger partial charge in [0.2, 0.25) is 0 Å². The maximum absolute atomic E-state index is 14.7. The Kier molecular flexibility index (Phi) is 9.44. The predicted octanol–water partition coefficient (Wildman–Crippen LogP) is 7.04. The second-order valence-electron chi connectivity index (χ2n) is 11.9. The summed E-state index contributed by atoms with van der Waals surface area (Å²) in [7, 11) is 2.07. The van der Waals surface area contributed by atoms with Crippen molar-refractivity contribution in [3.05, 3.63) is 118 Å². The number of nitro groups is 1. The molecule has 242 valence electrons. The summed E-state index contributed by atoms with van der Waals surface area (Å²) in [6.45, 7) is 3.66. The van der Waals surface area contributed by atoms with Crippen molar-refractivity contribution in [2.24, 2.45) is 0 Å². The van der Waals surface area contributed by atoms with Crippen LogP contribution in [0.2, 0.25) is 0 Å². The topological polar surface area (TPSA) is 108 Å². The number of nitro benzene ring substituents is 1. The molecule has 0 aliphatic carbocycles. The van der Waals surface area contributed by atoms with Gasteiger partial charge in [0.1, 0.15) is 17.7 Å². The molecule has 0 aromatic heterocycles. The lowest BCUT2D eigenvalue weighted by atomic mass is 10.1. The van der Waals surface area contributed by atoms with Gasteiger partial charge in [-0.25, -0.2) is 4.39 Å². The maximum atomic E-state index is 14.7. The Morgan fingerprint density at radius 3 is 2.23 bits per heavy atom. The molecule has 1 N–H and O–H groups in total. The fourth-order valence-electron chi connectivity index (χ4n) is 6.05. The summed E-state index contributed by atoms with van der Waals surface area (Å²) < 4.78 is 21.2. The summed E-state index contributed by atoms with van der Waals surface area (Å²) in [4.78, 5) is 44.8. The van der Waals surface area contributed by atoms with Gasteiger partial charge in [-0.1, -0.05) is 18.2 Å². The maximum Gasteiger partial charge on any atom is 0.269 e. The SMILES string of the molecule is CN1CCC(Oc2cc(N3CCCC3)ccc2C(=O)Nc2ccc(F)cc2C(=O)N(c2ccccc2)c2ccc([N+](=O)[O-])cc2)CC1. The van der Waals surface area contributed by atoms with E-state index in [9.17, 15) is 24.1 Å². The van der Waals surface area contributed by atoms with Crippen LogP contribution in [0, 0.1) is 15.9 Å². The molecule has 2 amide bonds. The quantitative estimate of drug-likeness (QED) is 0.155. The molecule has 2 fully saturated rings. The molecule has 0 atom stereocenters. The number of amides is 2. The van der Waals surface area contributed by atoms with E-state index in [1.54, 1.807) is 36.4 Å². The summed E-state index contributed by atoms with van der Waals surface area (Å²) >= 11 is 0. The Morgan fingerprint density at radius 2 is 1.55 bits per heavy atom. The molecule has 6 rings (SSSR count). The van der Waals surface area contributed by atoms with Gasteiger partial charge in [-0.05, 0) is 87.3 Å². The number of halogens is 1. The molecule has 0 spiro atoms. The molecule has 2 aliphatic rings. The number of carbonyl (C=O) groups is 2. The Hall–Kier alpha value is -5.29. The molecule has 2 saturated heterocycles. The number of hydrogen-bond acceptors (Lipinski definition) is 7. The zero-order valence-electron chi connectivity index (χ0n) is 26.1. The molecule has 4 aromatic carbocycles. The Balaban J connectivity index is 1.33. The minimum Gasteiger partial charge on any atom is -0.489 e. The monoisotopic (exact) mass is 637 g/mol. The van der Waals surface area contributed by atoms with Crippen LogP contribution < -0.4 is 19.9 Å². The van der Waals surface area contributed by atoms with Crippen molar-refractivity contribution >= 4 is 40.3 Å². The van der Waals surface area contributed by atoms with E-state index in [2.05, 4.69) is 22.2 Å². The number of anilines is 4. The molecule has 0 radical (unpaired) electrons. The number of hydrogen-bond donors (Lipinski definition) is 1. The normalized spacial score (nSPS) is 15.3. The van der Waals surface area contributed by atoms with E-state index in [0.717, 1.165) is 63.6 Å². The van der Waals surface area contributed by atoms with E-state index in [1.807, 2.05) is 12.1 Å². The van der Waals surface area contributed by atoms with Gasteiger partial charge in [0.05, 0.1) is 21.7 Å². The minimum atomic E-state index is -0.663. The van der Waals surface area contributed by atoms with Crippen LogP contribution in [0.3, 0.4) is 0 Å². The molecule has 10 nitrogen and oxygen atoms in total. The van der Waals surface area contributed by atoms with Gasteiger partial charge in [0, 0.05) is 61.4 Å². The molecule has 0 saturated carbocycles. The van der Waals surface area contributed by atoms with Crippen LogP contribution in [0.1, 0.15) is 46.4 Å². The van der Waals surface area contributed by atoms with Crippen LogP contribution in [-0.4, -0.2) is 61.0 Å². The number of nitrogens with one attached hydrogen (secondary N) is 1. The van der Waals surface area contributed by atoms with E-state index in [0.29, 0.717) is 22.7 Å². The van der Waals surface area contributed by atoms with Crippen LogP contribution in [0.4, 0.5) is 32.8 Å². The number of nitrogens with zero attached hydrogens (tertiary/aromatic N) is 4. The first-order valence-electron chi connectivity index (χ1n) is 15.8. The predicted molar refractivity (Wildman–Crippen MR) is 179 cm³/mol. The van der Waals surface area contributed by atoms with Crippen molar-refractivity contribution in [1.82, 2.24) is 4.90 Å². The molecule has 11 heteroatoms. The first-order chi connectivity index (χ1) is 22.8. The number of non-ortho nitro benzene ring substituents is 1. The van der Waals surface area contributed by atoms with Crippen LogP contribution in [0.25, 0.3) is 0 Å². The molecular formula is C36H36FN5O5. The highest BCUT2D eigenvalue weighted by Crippen LogP contribution is 2.34. The molecule has 0 bridgehead atoms. The average molecular weight is 638 g/mol. The number of likely N-dealkylation sites (tertiary alicyclic amines) is 1. The van der Waals surface area contributed by atoms with Gasteiger partial charge in [-0.3, -0.25) is 24.6 Å². The lowest BCUT2D eigenvalue weighted by molar-refractivity contribution is -0.384. The second-order valence-corrected chi connectivity index (χ2v) is 11.9. The van der Waals surface area contributed by atoms with E-state index in [1.165, 1.54) is 41.3 Å². The highest BCUT2D eigenvalue weighted by molar-refractivity contribution is 6.16. The summed E-state index contributed by atoms with van der Waals surface area (Å²) in [6, 6.07) is 23.3. The van der Waals surface area contributed by atoms with Crippen molar-refractivity contribution in [2.45, 2.75) is 31.8 Å². The zero-order chi connectivity index (χ0) is 32.9. The van der Waals surface area contributed by atoms with Gasteiger partial charge >= 0.3 is 0 Å². The fourth-order valence-corrected chi connectivity index (χ4v) is 6.05. The van der Waals surface area contributed by atoms with E-state index in [4.69, 9.17) is 4.74 Å². The van der Waals surface area contributed by atoms with E-state index >= 15 is 0 Å². The third-order valence-electron chi connectivity index (χ3n) is 8.64. The fraction of sp³-hybridized carbons (Fsp3) is 0.278. The van der Waals surface area contributed by atoms with Gasteiger partial charge in [-0.15, -0.1) is 0 Å². The largest absolute Gasteiger partial charge is 0.489 e. The van der Waals surface area contributed by atoms with Crippen molar-refractivity contribution in [3.63, 3.8) is 0 Å². The molecular weight excluding hydrogens is 601 g/mol. The number of para-hydroxylation sites is 1. The lowest BCUT2D eigenvalue weighted by Gasteiger charge is -2.30.